The van der Waals surface area contributed by atoms with Crippen LogP contribution in [-0.4, -0.2) is 21.4 Å². The van der Waals surface area contributed by atoms with Gasteiger partial charge in [0.15, 0.2) is 11.0 Å². The highest BCUT2D eigenvalue weighted by Crippen LogP contribution is 2.10. The fourth-order valence-corrected chi connectivity index (χ4v) is 1.10. The van der Waals surface area contributed by atoms with E-state index in [4.69, 9.17) is 5.73 Å². The van der Waals surface area contributed by atoms with Crippen LogP contribution < -0.4 is 5.73 Å². The molecule has 0 aromatic carbocycles. The molecular weight excluding hydrogens is 184 g/mol. The van der Waals surface area contributed by atoms with Gasteiger partial charge in [0.1, 0.15) is 5.82 Å². The van der Waals surface area contributed by atoms with Crippen LogP contribution in [0.25, 0.3) is 0 Å². The van der Waals surface area contributed by atoms with E-state index in [1.54, 1.807) is 6.07 Å². The molecule has 0 aliphatic carbocycles. The van der Waals surface area contributed by atoms with Crippen LogP contribution in [0.5, 0.6) is 0 Å². The Bertz CT molecular complexity index is 315. The molecule has 1 aromatic heterocycles. The van der Waals surface area contributed by atoms with Gasteiger partial charge in [0, 0.05) is 11.8 Å². The zero-order valence-corrected chi connectivity index (χ0v) is 8.72. The van der Waals surface area contributed by atoms with Crippen molar-refractivity contribution in [3.05, 3.63) is 17.6 Å². The molecule has 0 bridgehead atoms. The number of rotatable bonds is 1. The van der Waals surface area contributed by atoms with Crippen LogP contribution in [0.4, 0.5) is 5.82 Å². The third kappa shape index (κ3) is 3.02. The number of hydrogen-bond acceptors (Lipinski definition) is 4. The van der Waals surface area contributed by atoms with E-state index in [2.05, 4.69) is 15.0 Å². The third-order valence-corrected chi connectivity index (χ3v) is 1.90. The lowest BCUT2D eigenvalue weighted by Crippen LogP contribution is -2.04. The number of nitrogens with two attached hydrogens (primary N) is 1. The van der Waals surface area contributed by atoms with Gasteiger partial charge in [-0.25, -0.2) is 15.0 Å². The lowest BCUT2D eigenvalue weighted by atomic mass is 10.4. The molecule has 0 aliphatic heterocycles. The fourth-order valence-electron chi connectivity index (χ4n) is 0.913. The molecule has 0 aliphatic rings. The van der Waals surface area contributed by atoms with Crippen LogP contribution in [0.3, 0.4) is 0 Å². The number of aryl methyl sites for hydroxylation is 2. The molecule has 70 valence electrons. The normalized spacial score (nSPS) is 11.8. The molecule has 0 saturated heterocycles. The van der Waals surface area contributed by atoms with Crippen LogP contribution in [0.2, 0.25) is 0 Å². The van der Waals surface area contributed by atoms with E-state index in [0.29, 0.717) is 16.8 Å². The van der Waals surface area contributed by atoms with Gasteiger partial charge < -0.3 is 5.73 Å². The van der Waals surface area contributed by atoms with Crippen molar-refractivity contribution in [3.8, 4) is 0 Å². The smallest absolute Gasteiger partial charge is 0.160 e. The Morgan fingerprint density at radius 1 is 1.46 bits per heavy atom. The molecule has 0 radical (unpaired) electrons. The molecule has 1 heterocycles. The predicted octanol–water partition coefficient (Wildman–Crippen LogP) is 1.40. The van der Waals surface area contributed by atoms with Crippen molar-refractivity contribution in [1.82, 2.24) is 9.97 Å². The van der Waals surface area contributed by atoms with Crippen molar-refractivity contribution in [2.75, 3.05) is 6.26 Å². The summed E-state index contributed by atoms with van der Waals surface area (Å²) >= 11 is 1.40. The first-order chi connectivity index (χ1) is 6.11. The molecule has 0 spiro atoms. The van der Waals surface area contributed by atoms with Crippen molar-refractivity contribution in [3.63, 3.8) is 0 Å². The highest BCUT2D eigenvalue weighted by Gasteiger charge is 1.97. The zero-order chi connectivity index (χ0) is 9.84. The Hall–Kier alpha value is -1.10. The van der Waals surface area contributed by atoms with Crippen molar-refractivity contribution in [2.24, 2.45) is 10.7 Å². The molecule has 4 nitrogen and oxygen atoms in total. The summed E-state index contributed by atoms with van der Waals surface area (Å²) in [6.07, 6.45) is 1.87. The summed E-state index contributed by atoms with van der Waals surface area (Å²) in [5, 5.41) is 0.512. The largest absolute Gasteiger partial charge is 0.378 e. The quantitative estimate of drug-likeness (QED) is 0.544. The van der Waals surface area contributed by atoms with Gasteiger partial charge >= 0.3 is 0 Å². The van der Waals surface area contributed by atoms with Gasteiger partial charge in [-0.2, -0.15) is 0 Å². The van der Waals surface area contributed by atoms with Gasteiger partial charge in [-0.1, -0.05) is 11.8 Å². The van der Waals surface area contributed by atoms with Crippen LogP contribution in [0.15, 0.2) is 11.1 Å². The first kappa shape index (κ1) is 9.98. The van der Waals surface area contributed by atoms with Crippen molar-refractivity contribution in [1.29, 1.82) is 0 Å². The van der Waals surface area contributed by atoms with Gasteiger partial charge in [0.25, 0.3) is 0 Å². The van der Waals surface area contributed by atoms with Crippen LogP contribution in [0, 0.1) is 13.8 Å². The van der Waals surface area contributed by atoms with Crippen molar-refractivity contribution >= 4 is 22.7 Å². The van der Waals surface area contributed by atoms with Crippen LogP contribution in [0.1, 0.15) is 11.5 Å². The second-order valence-corrected chi connectivity index (χ2v) is 3.40. The van der Waals surface area contributed by atoms with Crippen LogP contribution in [-0.2, 0) is 0 Å². The van der Waals surface area contributed by atoms with E-state index in [9.17, 15) is 0 Å². The molecule has 0 amide bonds. The number of aliphatic imine (C=N–C) groups is 1. The topological polar surface area (TPSA) is 64.2 Å². The van der Waals surface area contributed by atoms with Crippen molar-refractivity contribution in [2.45, 2.75) is 13.8 Å². The number of thioether (sulfide) groups is 1. The molecule has 13 heavy (non-hydrogen) atoms. The number of hydrogen-bond donors (Lipinski definition) is 1. The Labute approximate surface area is 81.7 Å². The number of aromatic nitrogens is 2. The van der Waals surface area contributed by atoms with Crippen LogP contribution >= 0.6 is 11.8 Å². The Balaban J connectivity index is 3.02. The Morgan fingerprint density at radius 2 is 2.15 bits per heavy atom. The van der Waals surface area contributed by atoms with Gasteiger partial charge in [-0.05, 0) is 20.1 Å². The fraction of sp³-hybridized carbons (Fsp3) is 0.375. The van der Waals surface area contributed by atoms with Gasteiger partial charge in [-0.3, -0.25) is 0 Å². The standard InChI is InChI=1S/C8H12N4S/c1-5-4-7(11-6(2)10-5)12-8(9)13-3/h4H,1-3H3,(H2,9,10,11,12). The Kier molecular flexibility index (Phi) is 3.25. The monoisotopic (exact) mass is 196 g/mol. The minimum atomic E-state index is 0.512. The van der Waals surface area contributed by atoms with Crippen molar-refractivity contribution < 1.29 is 0 Å². The predicted molar refractivity (Wildman–Crippen MR) is 56.3 cm³/mol. The van der Waals surface area contributed by atoms with E-state index in [-0.39, 0.29) is 0 Å². The molecule has 0 unspecified atom stereocenters. The van der Waals surface area contributed by atoms with E-state index in [0.717, 1.165) is 5.69 Å². The second-order valence-electron chi connectivity index (χ2n) is 2.57. The van der Waals surface area contributed by atoms with E-state index in [1.165, 1.54) is 11.8 Å². The second kappa shape index (κ2) is 4.23. The highest BCUT2D eigenvalue weighted by molar-refractivity contribution is 8.13. The van der Waals surface area contributed by atoms with Gasteiger partial charge in [-0.15, -0.1) is 0 Å². The maximum atomic E-state index is 5.56. The minimum absolute atomic E-state index is 0.512. The average molecular weight is 196 g/mol. The van der Waals surface area contributed by atoms with E-state index in [1.807, 2.05) is 20.1 Å². The zero-order valence-electron chi connectivity index (χ0n) is 7.90. The SMILES string of the molecule is CSC(N)=Nc1cc(C)nc(C)n1. The summed E-state index contributed by atoms with van der Waals surface area (Å²) in [6.45, 7) is 3.74. The Morgan fingerprint density at radius 3 is 2.69 bits per heavy atom. The van der Waals surface area contributed by atoms with E-state index < -0.39 is 0 Å². The summed E-state index contributed by atoms with van der Waals surface area (Å²) in [4.78, 5) is 12.4. The average Bonchev–Trinajstić information content (AvgIpc) is 2.02. The molecule has 1 aromatic rings. The van der Waals surface area contributed by atoms with Gasteiger partial charge in [0.05, 0.1) is 0 Å². The molecule has 1 rings (SSSR count). The first-order valence-electron chi connectivity index (χ1n) is 3.82. The molecule has 0 saturated carbocycles. The summed E-state index contributed by atoms with van der Waals surface area (Å²) < 4.78 is 0. The summed E-state index contributed by atoms with van der Waals surface area (Å²) in [5.41, 5.74) is 6.46. The molecular formula is C8H12N4S. The summed E-state index contributed by atoms with van der Waals surface area (Å²) in [6, 6.07) is 1.80. The summed E-state index contributed by atoms with van der Waals surface area (Å²) in [5.74, 6) is 1.34. The number of amidine groups is 1. The maximum Gasteiger partial charge on any atom is 0.160 e. The molecule has 2 N–H and O–H groups in total. The first-order valence-corrected chi connectivity index (χ1v) is 5.04. The summed E-state index contributed by atoms with van der Waals surface area (Å²) in [7, 11) is 0. The lowest BCUT2D eigenvalue weighted by Gasteiger charge is -1.98. The number of nitrogens with zero attached hydrogens (tertiary/aromatic N) is 3. The minimum Gasteiger partial charge on any atom is -0.378 e. The highest BCUT2D eigenvalue weighted by atomic mass is 32.2. The third-order valence-electron chi connectivity index (χ3n) is 1.39. The molecule has 5 heteroatoms. The van der Waals surface area contributed by atoms with E-state index >= 15 is 0 Å². The molecule has 0 fully saturated rings. The van der Waals surface area contributed by atoms with Gasteiger partial charge in [0.2, 0.25) is 0 Å². The maximum absolute atomic E-state index is 5.56. The lowest BCUT2D eigenvalue weighted by molar-refractivity contribution is 1.01. The molecule has 0 atom stereocenters.